The maximum Gasteiger partial charge on any atom is 2.00 e. The van der Waals surface area contributed by atoms with Crippen molar-refractivity contribution < 1.29 is 178 Å². The molecular formula is C12H6Na4O12Pb. The molecule has 0 spiro atoms. The summed E-state index contributed by atoms with van der Waals surface area (Å²) in [6, 6.07) is 0. The Morgan fingerprint density at radius 3 is 0.448 bits per heavy atom. The summed E-state index contributed by atoms with van der Waals surface area (Å²) in [6.07, 6.45) is 2.31. The van der Waals surface area contributed by atoms with Crippen LogP contribution in [-0.2, 0) is 28.8 Å². The van der Waals surface area contributed by atoms with E-state index in [2.05, 4.69) is 0 Å². The fourth-order valence-corrected chi connectivity index (χ4v) is 0.408. The Labute approximate surface area is 272 Å². The van der Waals surface area contributed by atoms with Crippen LogP contribution in [0.25, 0.3) is 0 Å². The van der Waals surface area contributed by atoms with Crippen molar-refractivity contribution >= 4 is 63.1 Å². The maximum atomic E-state index is 9.41. The third kappa shape index (κ3) is 82.6. The smallest absolute Gasteiger partial charge is 0.545 e. The van der Waals surface area contributed by atoms with Crippen LogP contribution in [0.4, 0.5) is 0 Å². The largest absolute Gasteiger partial charge is 2.00 e. The standard InChI is InChI=1S/3C4H4O4.4Na.Pb/c3*5-3(6)1-2-4(7)8;;;;;/h3*1-2H,(H,5,6)(H,7,8);;;;;/q;;;4*+1;+2/p-6/b3*2-1+;;;;;. The Kier molecular flexibility index (Phi) is 65.3. The summed E-state index contributed by atoms with van der Waals surface area (Å²) in [5.74, 6) is -9.28. The molecule has 0 aliphatic heterocycles. The van der Waals surface area contributed by atoms with Gasteiger partial charge in [0.25, 0.3) is 0 Å². The quantitative estimate of drug-likeness (QED) is 0.194. The molecule has 12 nitrogen and oxygen atoms in total. The number of carboxylic acids is 6. The van der Waals surface area contributed by atoms with Gasteiger partial charge in [-0.15, -0.1) is 0 Å². The van der Waals surface area contributed by atoms with Crippen molar-refractivity contribution in [3.8, 4) is 0 Å². The molecule has 0 atom stereocenters. The van der Waals surface area contributed by atoms with E-state index in [1.54, 1.807) is 0 Å². The topological polar surface area (TPSA) is 241 Å². The van der Waals surface area contributed by atoms with E-state index in [0.717, 1.165) is 0 Å². The van der Waals surface area contributed by atoms with Gasteiger partial charge in [0, 0.05) is 0 Å². The molecule has 0 saturated carbocycles. The van der Waals surface area contributed by atoms with Gasteiger partial charge in [0.05, 0.1) is 35.8 Å². The Morgan fingerprint density at radius 1 is 0.345 bits per heavy atom. The molecule has 0 aromatic rings. The van der Waals surface area contributed by atoms with Crippen molar-refractivity contribution in [2.75, 3.05) is 0 Å². The van der Waals surface area contributed by atoms with Gasteiger partial charge in [-0.3, -0.25) is 0 Å². The summed E-state index contributed by atoms with van der Waals surface area (Å²) in [6.45, 7) is 0. The molecule has 0 rings (SSSR count). The molecule has 2 radical (unpaired) electrons. The Balaban J connectivity index is -0.0000000350. The summed E-state index contributed by atoms with van der Waals surface area (Å²) in [4.78, 5) is 56.5. The maximum absolute atomic E-state index is 9.41. The first-order chi connectivity index (χ1) is 10.9. The van der Waals surface area contributed by atoms with Crippen molar-refractivity contribution in [2.45, 2.75) is 0 Å². The molecule has 0 bridgehead atoms. The minimum absolute atomic E-state index is 0. The normalized spacial score (nSPS) is 7.86. The Bertz CT molecular complexity index is 461. The fraction of sp³-hybridized carbons (Fsp3) is 0. The van der Waals surface area contributed by atoms with Crippen LogP contribution in [-0.4, -0.2) is 63.1 Å². The van der Waals surface area contributed by atoms with E-state index in [4.69, 9.17) is 0 Å². The van der Waals surface area contributed by atoms with Crippen LogP contribution in [0, 0.1) is 0 Å². The van der Waals surface area contributed by atoms with Crippen LogP contribution in [0.3, 0.4) is 0 Å². The summed E-state index contributed by atoms with van der Waals surface area (Å²) >= 11 is 0. The summed E-state index contributed by atoms with van der Waals surface area (Å²) in [7, 11) is 0. The zero-order valence-corrected chi connectivity index (χ0v) is 27.8. The molecule has 29 heavy (non-hydrogen) atoms. The average Bonchev–Trinajstić information content (AvgIpc) is 2.42. The Morgan fingerprint density at radius 2 is 0.414 bits per heavy atom. The van der Waals surface area contributed by atoms with E-state index in [-0.39, 0.29) is 146 Å². The second kappa shape index (κ2) is 36.3. The van der Waals surface area contributed by atoms with Crippen LogP contribution < -0.4 is 149 Å². The van der Waals surface area contributed by atoms with Crippen LogP contribution >= 0.6 is 0 Å². The third-order valence-electron chi connectivity index (χ3n) is 1.07. The number of carboxylic acid groups (broad SMARTS) is 6. The van der Waals surface area contributed by atoms with Gasteiger partial charge in [-0.1, -0.05) is 0 Å². The van der Waals surface area contributed by atoms with Gasteiger partial charge < -0.3 is 59.4 Å². The zero-order chi connectivity index (χ0) is 19.7. The number of aliphatic carboxylic acids is 6. The molecule has 0 amide bonds. The molecule has 0 N–H and O–H groups in total. The first-order valence-electron chi connectivity index (χ1n) is 5.18. The molecule has 134 valence electrons. The van der Waals surface area contributed by atoms with Crippen molar-refractivity contribution in [3.05, 3.63) is 36.5 Å². The Hall–Kier alpha value is 0.962. The second-order valence-corrected chi connectivity index (χ2v) is 2.91. The minimum atomic E-state index is -1.55. The van der Waals surface area contributed by atoms with Gasteiger partial charge in [0.1, 0.15) is 0 Å². The van der Waals surface area contributed by atoms with E-state index in [1.807, 2.05) is 0 Å². The first kappa shape index (κ1) is 52.1. The SMILES string of the molecule is O=C([O-])/C=C/C(=O)[O-].O=C([O-])/C=C/C(=O)[O-].O=C([O-])/C=C/C(=O)[O-].[Na+].[Na+].[Na+].[Na+].[Pb+2]. The average molecular weight is 641 g/mol. The molecule has 0 heterocycles. The second-order valence-electron chi connectivity index (χ2n) is 2.91. The fourth-order valence-electron chi connectivity index (χ4n) is 0.408. The summed E-state index contributed by atoms with van der Waals surface area (Å²) in [5, 5.41) is 56.5. The minimum Gasteiger partial charge on any atom is -0.545 e. The predicted molar refractivity (Wildman–Crippen MR) is 63.2 cm³/mol. The number of hydrogen-bond donors (Lipinski definition) is 0. The van der Waals surface area contributed by atoms with Gasteiger partial charge in [-0.25, -0.2) is 0 Å². The monoisotopic (exact) mass is 642 g/mol. The number of hydrogen-bond acceptors (Lipinski definition) is 12. The van der Waals surface area contributed by atoms with Crippen molar-refractivity contribution in [1.82, 2.24) is 0 Å². The van der Waals surface area contributed by atoms with E-state index in [0.29, 0.717) is 36.5 Å². The van der Waals surface area contributed by atoms with E-state index < -0.39 is 35.8 Å². The van der Waals surface area contributed by atoms with Crippen LogP contribution in [0.1, 0.15) is 0 Å². The molecular weight excluding hydrogens is 635 g/mol. The molecule has 17 heteroatoms. The van der Waals surface area contributed by atoms with E-state index in [9.17, 15) is 59.4 Å². The van der Waals surface area contributed by atoms with E-state index in [1.165, 1.54) is 0 Å². The first-order valence-corrected chi connectivity index (χ1v) is 5.18. The number of carbonyl (C=O) groups is 6. The summed E-state index contributed by atoms with van der Waals surface area (Å²) < 4.78 is 0. The van der Waals surface area contributed by atoms with Gasteiger partial charge in [0.2, 0.25) is 0 Å². The van der Waals surface area contributed by atoms with Gasteiger partial charge >= 0.3 is 146 Å². The van der Waals surface area contributed by atoms with E-state index >= 15 is 0 Å². The van der Waals surface area contributed by atoms with Crippen molar-refractivity contribution in [2.24, 2.45) is 0 Å². The molecule has 0 aliphatic rings. The van der Waals surface area contributed by atoms with Crippen LogP contribution in [0.15, 0.2) is 36.5 Å². The molecule has 0 aromatic carbocycles. The molecule has 0 saturated heterocycles. The zero-order valence-electron chi connectivity index (χ0n) is 15.9. The van der Waals surface area contributed by atoms with Crippen LogP contribution in [0.2, 0.25) is 0 Å². The molecule has 0 unspecified atom stereocenters. The van der Waals surface area contributed by atoms with Crippen molar-refractivity contribution in [1.29, 1.82) is 0 Å². The third-order valence-corrected chi connectivity index (χ3v) is 1.07. The van der Waals surface area contributed by atoms with Crippen LogP contribution in [0.5, 0.6) is 0 Å². The van der Waals surface area contributed by atoms with Crippen molar-refractivity contribution in [3.63, 3.8) is 0 Å². The molecule has 0 aromatic heterocycles. The van der Waals surface area contributed by atoms with Gasteiger partial charge in [-0.2, -0.15) is 0 Å². The predicted octanol–water partition coefficient (Wildman–Crippen LogP) is -21.2. The van der Waals surface area contributed by atoms with Gasteiger partial charge in [0.15, 0.2) is 0 Å². The van der Waals surface area contributed by atoms with Gasteiger partial charge in [-0.05, 0) is 36.5 Å². The molecule has 0 aliphatic carbocycles. The number of carbonyl (C=O) groups excluding carboxylic acids is 6. The summed E-state index contributed by atoms with van der Waals surface area (Å²) in [5.41, 5.74) is 0. The molecule has 0 fully saturated rings. The number of rotatable bonds is 6.